The summed E-state index contributed by atoms with van der Waals surface area (Å²) in [5.41, 5.74) is -6.04. The lowest BCUT2D eigenvalue weighted by Gasteiger charge is -2.65. The molecule has 12 heteroatoms. The number of hydrogen-bond acceptors (Lipinski definition) is 12. The minimum atomic E-state index is -1.80. The molecule has 0 bridgehead atoms. The van der Waals surface area contributed by atoms with E-state index in [1.807, 2.05) is 0 Å². The van der Waals surface area contributed by atoms with Gasteiger partial charge in [0.05, 0.1) is 40.6 Å². The van der Waals surface area contributed by atoms with Crippen LogP contribution in [-0.4, -0.2) is 93.6 Å². The molecule has 1 heterocycles. The van der Waals surface area contributed by atoms with E-state index in [-0.39, 0.29) is 30.6 Å². The Bertz CT molecular complexity index is 1410. The van der Waals surface area contributed by atoms with Crippen LogP contribution in [0.15, 0.2) is 41.5 Å². The van der Waals surface area contributed by atoms with Crippen LogP contribution >= 0.6 is 0 Å². The van der Waals surface area contributed by atoms with Crippen LogP contribution in [-0.2, 0) is 38.1 Å². The van der Waals surface area contributed by atoms with Crippen molar-refractivity contribution in [2.24, 2.45) is 16.7 Å². The van der Waals surface area contributed by atoms with Gasteiger partial charge in [0.1, 0.15) is 30.5 Å². The van der Waals surface area contributed by atoms with E-state index in [9.17, 15) is 34.5 Å². The fraction of sp³-hybridized carbons (Fsp3) is 0.636. The molecule has 246 valence electrons. The minimum Gasteiger partial charge on any atom is -0.462 e. The summed E-state index contributed by atoms with van der Waals surface area (Å²) in [7, 11) is 0. The standard InChI is InChI=1S/C33H42O12/c1-16-21(37)14-32(30(5,6)40)24(16)25(38)27(43-18(3)35)31(7)22(42-17(2)34)13-23-33(15-41-23,45-19(4)36)26(31)28(32)44-29(39)20-11-9-8-10-12-20/h8-12,21-23,25-28,37-38,40H,13-15H2,1-7H3/t21-,22-,23+,25+,26-,27-,28-,31+,32+,33-/m0/s1. The largest absolute Gasteiger partial charge is 0.462 e. The van der Waals surface area contributed by atoms with E-state index in [4.69, 9.17) is 23.7 Å². The second-order valence-corrected chi connectivity index (χ2v) is 13.5. The van der Waals surface area contributed by atoms with Gasteiger partial charge in [0.15, 0.2) is 5.60 Å². The molecule has 1 aromatic rings. The van der Waals surface area contributed by atoms with E-state index in [0.717, 1.165) is 6.92 Å². The number of esters is 4. The van der Waals surface area contributed by atoms with Gasteiger partial charge in [-0.15, -0.1) is 0 Å². The number of aliphatic hydroxyl groups excluding tert-OH is 2. The first-order valence-corrected chi connectivity index (χ1v) is 15.1. The van der Waals surface area contributed by atoms with E-state index in [0.29, 0.717) is 5.57 Å². The zero-order chi connectivity index (χ0) is 33.3. The molecule has 1 aromatic carbocycles. The minimum absolute atomic E-state index is 0.000130. The number of fused-ring (bicyclic) bond motifs is 4. The van der Waals surface area contributed by atoms with Crippen molar-refractivity contribution in [2.45, 2.75) is 109 Å². The maximum atomic E-state index is 14.0. The van der Waals surface area contributed by atoms with Crippen molar-refractivity contribution in [3.05, 3.63) is 47.0 Å². The number of aliphatic hydroxyl groups is 3. The van der Waals surface area contributed by atoms with Gasteiger partial charge in [0.25, 0.3) is 0 Å². The van der Waals surface area contributed by atoms with E-state index in [1.54, 1.807) is 44.2 Å². The molecule has 1 aliphatic heterocycles. The number of hydrogen-bond donors (Lipinski definition) is 3. The van der Waals surface area contributed by atoms with Crippen LogP contribution in [0.5, 0.6) is 0 Å². The Balaban J connectivity index is 1.90. The first kappa shape index (κ1) is 33.1. The molecule has 3 fully saturated rings. The SMILES string of the molecule is CC(=O)O[C@H]1C[C@H]2OC[C@@]2(OC(C)=O)[C@H]2[C@H](OC(=O)c3ccccc3)[C@@]3(C(C)(C)O)C[C@H](O)C(C)=C3[C@@H](O)[C@H](OC(C)=O)[C@]12C. The third-order valence-corrected chi connectivity index (χ3v) is 10.5. The van der Waals surface area contributed by atoms with Gasteiger partial charge >= 0.3 is 23.9 Å². The lowest BCUT2D eigenvalue weighted by atomic mass is 9.49. The van der Waals surface area contributed by atoms with Crippen molar-refractivity contribution < 1.29 is 58.2 Å². The maximum Gasteiger partial charge on any atom is 0.338 e. The molecule has 45 heavy (non-hydrogen) atoms. The topological polar surface area (TPSA) is 175 Å². The summed E-state index contributed by atoms with van der Waals surface area (Å²) >= 11 is 0. The summed E-state index contributed by atoms with van der Waals surface area (Å²) in [4.78, 5) is 52.1. The second-order valence-electron chi connectivity index (χ2n) is 13.5. The van der Waals surface area contributed by atoms with Crippen molar-refractivity contribution in [1.29, 1.82) is 0 Å². The van der Waals surface area contributed by atoms with Crippen LogP contribution in [0.2, 0.25) is 0 Å². The lowest BCUT2D eigenvalue weighted by molar-refractivity contribution is -0.352. The van der Waals surface area contributed by atoms with Gasteiger partial charge in [-0.3, -0.25) is 14.4 Å². The zero-order valence-corrected chi connectivity index (χ0v) is 26.6. The van der Waals surface area contributed by atoms with E-state index in [2.05, 4.69) is 0 Å². The highest BCUT2D eigenvalue weighted by atomic mass is 16.6. The fourth-order valence-electron chi connectivity index (χ4n) is 8.71. The predicted octanol–water partition coefficient (Wildman–Crippen LogP) is 2.02. The number of benzene rings is 1. The molecular weight excluding hydrogens is 588 g/mol. The van der Waals surface area contributed by atoms with E-state index < -0.39 is 88.5 Å². The monoisotopic (exact) mass is 630 g/mol. The highest BCUT2D eigenvalue weighted by Crippen LogP contribution is 2.68. The van der Waals surface area contributed by atoms with Gasteiger partial charge in [-0.05, 0) is 50.5 Å². The second kappa shape index (κ2) is 11.2. The van der Waals surface area contributed by atoms with Crippen molar-refractivity contribution in [3.63, 3.8) is 0 Å². The number of rotatable bonds is 6. The number of ether oxygens (including phenoxy) is 5. The van der Waals surface area contributed by atoms with Gasteiger partial charge < -0.3 is 39.0 Å². The Morgan fingerprint density at radius 3 is 2.07 bits per heavy atom. The molecule has 0 unspecified atom stereocenters. The Kier molecular flexibility index (Phi) is 8.21. The highest BCUT2D eigenvalue weighted by Gasteiger charge is 2.80. The van der Waals surface area contributed by atoms with Crippen LogP contribution in [0, 0.1) is 16.7 Å². The maximum absolute atomic E-state index is 14.0. The molecule has 0 radical (unpaired) electrons. The summed E-state index contributed by atoms with van der Waals surface area (Å²) in [6.45, 7) is 9.64. The quantitative estimate of drug-likeness (QED) is 0.237. The number of carbonyl (C=O) groups is 4. The predicted molar refractivity (Wildman–Crippen MR) is 155 cm³/mol. The highest BCUT2D eigenvalue weighted by molar-refractivity contribution is 5.89. The summed E-state index contributed by atoms with van der Waals surface area (Å²) in [5.74, 6) is -4.09. The normalized spacial score (nSPS) is 38.8. The van der Waals surface area contributed by atoms with Crippen LogP contribution in [0.3, 0.4) is 0 Å². The molecule has 0 aromatic heterocycles. The molecule has 0 spiro atoms. The number of carbonyl (C=O) groups excluding carboxylic acids is 4. The molecule has 0 amide bonds. The first-order valence-electron chi connectivity index (χ1n) is 15.1. The van der Waals surface area contributed by atoms with Crippen molar-refractivity contribution in [1.82, 2.24) is 0 Å². The molecule has 12 nitrogen and oxygen atoms in total. The molecule has 5 rings (SSSR count). The van der Waals surface area contributed by atoms with Crippen LogP contribution < -0.4 is 0 Å². The molecule has 1 saturated heterocycles. The van der Waals surface area contributed by atoms with Crippen LogP contribution in [0.25, 0.3) is 0 Å². The van der Waals surface area contributed by atoms with E-state index >= 15 is 0 Å². The summed E-state index contributed by atoms with van der Waals surface area (Å²) in [5, 5.41) is 35.9. The molecule has 2 saturated carbocycles. The van der Waals surface area contributed by atoms with Crippen molar-refractivity contribution in [2.75, 3.05) is 6.61 Å². The Morgan fingerprint density at radius 1 is 0.933 bits per heavy atom. The van der Waals surface area contributed by atoms with Crippen molar-refractivity contribution in [3.8, 4) is 0 Å². The molecule has 3 aliphatic carbocycles. The Morgan fingerprint density at radius 2 is 1.56 bits per heavy atom. The van der Waals surface area contributed by atoms with E-state index in [1.165, 1.54) is 27.7 Å². The molecular formula is C33H42O12. The Labute approximate surface area is 261 Å². The van der Waals surface area contributed by atoms with Gasteiger partial charge in [-0.1, -0.05) is 25.1 Å². The summed E-state index contributed by atoms with van der Waals surface area (Å²) in [6.07, 6.45) is -7.93. The Hall–Kier alpha value is -3.32. The first-order chi connectivity index (χ1) is 20.9. The lowest BCUT2D eigenvalue weighted by Crippen LogP contribution is -2.79. The summed E-state index contributed by atoms with van der Waals surface area (Å²) in [6, 6.07) is 8.14. The van der Waals surface area contributed by atoms with Crippen molar-refractivity contribution >= 4 is 23.9 Å². The van der Waals surface area contributed by atoms with Gasteiger partial charge in [0.2, 0.25) is 0 Å². The van der Waals surface area contributed by atoms with Gasteiger partial charge in [-0.2, -0.15) is 0 Å². The smallest absolute Gasteiger partial charge is 0.338 e. The van der Waals surface area contributed by atoms with Crippen LogP contribution in [0.1, 0.15) is 71.7 Å². The zero-order valence-electron chi connectivity index (χ0n) is 26.6. The van der Waals surface area contributed by atoms with Crippen LogP contribution in [0.4, 0.5) is 0 Å². The average Bonchev–Trinajstić information content (AvgIpc) is 3.18. The molecule has 4 aliphatic rings. The third kappa shape index (κ3) is 4.88. The molecule has 10 atom stereocenters. The fourth-order valence-corrected chi connectivity index (χ4v) is 8.71. The van der Waals surface area contributed by atoms with Gasteiger partial charge in [-0.25, -0.2) is 4.79 Å². The average molecular weight is 631 g/mol. The molecule has 3 N–H and O–H groups in total. The van der Waals surface area contributed by atoms with Gasteiger partial charge in [0, 0.05) is 27.2 Å². The third-order valence-electron chi connectivity index (χ3n) is 10.5. The summed E-state index contributed by atoms with van der Waals surface area (Å²) < 4.78 is 30.3.